The number of benzene rings is 1. The Balaban J connectivity index is 2.72. The number of amides is 2. The second-order valence-electron chi connectivity index (χ2n) is 3.79. The summed E-state index contributed by atoms with van der Waals surface area (Å²) in [7, 11) is 0. The molecule has 0 bridgehead atoms. The Morgan fingerprint density at radius 1 is 1.37 bits per heavy atom. The lowest BCUT2D eigenvalue weighted by molar-refractivity contribution is -0.383. The molecule has 8 nitrogen and oxygen atoms in total. The molecule has 102 valence electrons. The number of hydrogen-bond donors (Lipinski definition) is 3. The molecule has 8 heteroatoms. The zero-order valence-electron chi connectivity index (χ0n) is 10.1. The molecule has 1 rings (SSSR count). The molecule has 1 atom stereocenters. The van der Waals surface area contributed by atoms with Gasteiger partial charge in [-0.05, 0) is 13.0 Å². The van der Waals surface area contributed by atoms with Crippen molar-refractivity contribution in [3.05, 3.63) is 34.4 Å². The van der Waals surface area contributed by atoms with Crippen LogP contribution in [0.1, 0.15) is 6.92 Å². The van der Waals surface area contributed by atoms with Gasteiger partial charge in [0.15, 0.2) is 0 Å². The summed E-state index contributed by atoms with van der Waals surface area (Å²) >= 11 is 0. The van der Waals surface area contributed by atoms with Crippen molar-refractivity contribution in [3.8, 4) is 0 Å². The second-order valence-corrected chi connectivity index (χ2v) is 3.79. The molecule has 0 fully saturated rings. The molecule has 1 unspecified atom stereocenters. The molecule has 0 saturated heterocycles. The van der Waals surface area contributed by atoms with E-state index in [-0.39, 0.29) is 17.9 Å². The third-order valence-corrected chi connectivity index (χ3v) is 2.11. The second kappa shape index (κ2) is 6.45. The van der Waals surface area contributed by atoms with Gasteiger partial charge in [0.25, 0.3) is 5.69 Å². The quantitative estimate of drug-likeness (QED) is 0.403. The first-order valence-corrected chi connectivity index (χ1v) is 5.42. The van der Waals surface area contributed by atoms with Crippen molar-refractivity contribution < 1.29 is 19.6 Å². The van der Waals surface area contributed by atoms with Crippen molar-refractivity contribution in [1.29, 1.82) is 0 Å². The molecule has 2 amide bonds. The molecule has 0 aliphatic rings. The lowest BCUT2D eigenvalue weighted by Crippen LogP contribution is -2.38. The van der Waals surface area contributed by atoms with E-state index in [0.29, 0.717) is 0 Å². The van der Waals surface area contributed by atoms with Crippen LogP contribution in [0, 0.1) is 10.1 Å². The van der Waals surface area contributed by atoms with E-state index in [9.17, 15) is 19.7 Å². The number of carbonyl (C=O) groups is 2. The summed E-state index contributed by atoms with van der Waals surface area (Å²) in [5, 5.41) is 24.0. The maximum Gasteiger partial charge on any atom is 0.313 e. The van der Waals surface area contributed by atoms with Crippen molar-refractivity contribution in [1.82, 2.24) is 5.32 Å². The fourth-order valence-corrected chi connectivity index (χ4v) is 1.24. The number of para-hydroxylation sites is 2. The highest BCUT2D eigenvalue weighted by Gasteiger charge is 2.19. The van der Waals surface area contributed by atoms with Crippen LogP contribution in [0.2, 0.25) is 0 Å². The van der Waals surface area contributed by atoms with Gasteiger partial charge in [-0.2, -0.15) is 0 Å². The van der Waals surface area contributed by atoms with Crippen LogP contribution in [0.25, 0.3) is 0 Å². The third kappa shape index (κ3) is 4.36. The van der Waals surface area contributed by atoms with E-state index in [4.69, 9.17) is 5.11 Å². The molecule has 1 aromatic rings. The van der Waals surface area contributed by atoms with Gasteiger partial charge in [-0.15, -0.1) is 0 Å². The van der Waals surface area contributed by atoms with E-state index < -0.39 is 22.8 Å². The van der Waals surface area contributed by atoms with Gasteiger partial charge in [0.1, 0.15) is 5.69 Å². The van der Waals surface area contributed by atoms with Crippen LogP contribution in [0.15, 0.2) is 24.3 Å². The molecule has 3 N–H and O–H groups in total. The minimum Gasteiger partial charge on any atom is -0.392 e. The Morgan fingerprint density at radius 2 is 2.00 bits per heavy atom. The molecule has 19 heavy (non-hydrogen) atoms. The van der Waals surface area contributed by atoms with Crippen molar-refractivity contribution >= 4 is 23.2 Å². The van der Waals surface area contributed by atoms with E-state index in [1.165, 1.54) is 31.2 Å². The predicted octanol–water partition coefficient (Wildman–Crippen LogP) is 0.0303. The number of rotatable bonds is 4. The van der Waals surface area contributed by atoms with Crippen LogP contribution in [0.3, 0.4) is 0 Å². The average Bonchev–Trinajstić information content (AvgIpc) is 2.36. The minimum absolute atomic E-state index is 0.0651. The Morgan fingerprint density at radius 3 is 2.58 bits per heavy atom. The summed E-state index contributed by atoms with van der Waals surface area (Å²) in [6, 6.07) is 5.47. The Labute approximate surface area is 108 Å². The van der Waals surface area contributed by atoms with Crippen molar-refractivity contribution in [2.45, 2.75) is 13.0 Å². The highest BCUT2D eigenvalue weighted by Crippen LogP contribution is 2.22. The molecule has 1 aromatic carbocycles. The molecule has 0 heterocycles. The van der Waals surface area contributed by atoms with E-state index in [1.54, 1.807) is 0 Å². The predicted molar refractivity (Wildman–Crippen MR) is 66.4 cm³/mol. The van der Waals surface area contributed by atoms with E-state index in [0.717, 1.165) is 0 Å². The normalized spacial score (nSPS) is 11.5. The SMILES string of the molecule is CC(O)CNC(=O)C(=O)Nc1ccccc1[N+](=O)[O-]. The molecular weight excluding hydrogens is 254 g/mol. The number of carbonyl (C=O) groups excluding carboxylic acids is 2. The first-order valence-electron chi connectivity index (χ1n) is 5.42. The number of nitrogens with zero attached hydrogens (tertiary/aromatic N) is 1. The number of nitro benzene ring substituents is 1. The summed E-state index contributed by atoms with van der Waals surface area (Å²) < 4.78 is 0. The zero-order chi connectivity index (χ0) is 14.4. The van der Waals surface area contributed by atoms with Gasteiger partial charge in [0, 0.05) is 12.6 Å². The zero-order valence-corrected chi connectivity index (χ0v) is 10.1. The molecule has 0 aromatic heterocycles. The average molecular weight is 267 g/mol. The van der Waals surface area contributed by atoms with Crippen LogP contribution >= 0.6 is 0 Å². The number of anilines is 1. The number of hydrogen-bond acceptors (Lipinski definition) is 5. The first-order chi connectivity index (χ1) is 8.91. The number of aliphatic hydroxyl groups excluding tert-OH is 1. The monoisotopic (exact) mass is 267 g/mol. The molecule has 0 spiro atoms. The summed E-state index contributed by atoms with van der Waals surface area (Å²) in [6.07, 6.45) is -0.789. The first kappa shape index (κ1) is 14.6. The topological polar surface area (TPSA) is 122 Å². The summed E-state index contributed by atoms with van der Waals surface area (Å²) in [4.78, 5) is 32.8. The molecular formula is C11H13N3O5. The Kier molecular flexibility index (Phi) is 4.95. The minimum atomic E-state index is -1.03. The lowest BCUT2D eigenvalue weighted by Gasteiger charge is -2.07. The molecule has 0 radical (unpaired) electrons. The van der Waals surface area contributed by atoms with Gasteiger partial charge in [0.2, 0.25) is 0 Å². The summed E-state index contributed by atoms with van der Waals surface area (Å²) in [6.45, 7) is 1.36. The Bertz CT molecular complexity index is 501. The number of nitro groups is 1. The van der Waals surface area contributed by atoms with Crippen molar-refractivity contribution in [2.24, 2.45) is 0 Å². The fourth-order valence-electron chi connectivity index (χ4n) is 1.24. The van der Waals surface area contributed by atoms with E-state index in [2.05, 4.69) is 10.6 Å². The van der Waals surface area contributed by atoms with Gasteiger partial charge >= 0.3 is 11.8 Å². The largest absolute Gasteiger partial charge is 0.392 e. The van der Waals surface area contributed by atoms with Crippen LogP contribution in [-0.4, -0.2) is 34.5 Å². The maximum absolute atomic E-state index is 11.5. The molecule has 0 saturated carbocycles. The van der Waals surface area contributed by atoms with Gasteiger partial charge < -0.3 is 15.7 Å². The Hall–Kier alpha value is -2.48. The van der Waals surface area contributed by atoms with Crippen LogP contribution in [0.4, 0.5) is 11.4 Å². The number of nitrogens with one attached hydrogen (secondary N) is 2. The standard InChI is InChI=1S/C11H13N3O5/c1-7(15)6-12-10(16)11(17)13-8-4-2-3-5-9(8)14(18)19/h2-5,7,15H,6H2,1H3,(H,12,16)(H,13,17). The van der Waals surface area contributed by atoms with Crippen LogP contribution in [-0.2, 0) is 9.59 Å². The van der Waals surface area contributed by atoms with Crippen LogP contribution in [0.5, 0.6) is 0 Å². The van der Waals surface area contributed by atoms with Crippen LogP contribution < -0.4 is 10.6 Å². The summed E-state index contributed by atoms with van der Waals surface area (Å²) in [5.74, 6) is -2.01. The van der Waals surface area contributed by atoms with Gasteiger partial charge in [-0.3, -0.25) is 19.7 Å². The fraction of sp³-hybridized carbons (Fsp3) is 0.273. The third-order valence-electron chi connectivity index (χ3n) is 2.11. The van der Waals surface area contributed by atoms with Crippen molar-refractivity contribution in [3.63, 3.8) is 0 Å². The van der Waals surface area contributed by atoms with Gasteiger partial charge in [0.05, 0.1) is 11.0 Å². The maximum atomic E-state index is 11.5. The van der Waals surface area contributed by atoms with E-state index >= 15 is 0 Å². The van der Waals surface area contributed by atoms with Gasteiger partial charge in [-0.1, -0.05) is 12.1 Å². The molecule has 0 aliphatic heterocycles. The van der Waals surface area contributed by atoms with Crippen molar-refractivity contribution in [2.75, 3.05) is 11.9 Å². The highest BCUT2D eigenvalue weighted by molar-refractivity contribution is 6.39. The van der Waals surface area contributed by atoms with Gasteiger partial charge in [-0.25, -0.2) is 0 Å². The number of aliphatic hydroxyl groups is 1. The lowest BCUT2D eigenvalue weighted by atomic mass is 10.2. The van der Waals surface area contributed by atoms with E-state index in [1.807, 2.05) is 0 Å². The molecule has 0 aliphatic carbocycles. The summed E-state index contributed by atoms with van der Waals surface area (Å²) in [5.41, 5.74) is -0.371. The smallest absolute Gasteiger partial charge is 0.313 e. The highest BCUT2D eigenvalue weighted by atomic mass is 16.6.